The van der Waals surface area contributed by atoms with E-state index in [0.717, 1.165) is 25.0 Å². The van der Waals surface area contributed by atoms with Gasteiger partial charge < -0.3 is 15.2 Å². The van der Waals surface area contributed by atoms with E-state index in [-0.39, 0.29) is 12.6 Å². The molecule has 0 heterocycles. The van der Waals surface area contributed by atoms with E-state index < -0.39 is 0 Å². The SMILES string of the molecule is COc1cccc2c1CCC(NC(CO)c1cccc3ccccc13)C2. The highest BCUT2D eigenvalue weighted by Crippen LogP contribution is 2.31. The minimum absolute atomic E-state index is 0.0572. The van der Waals surface area contributed by atoms with Crippen LogP contribution in [0.1, 0.15) is 29.2 Å². The van der Waals surface area contributed by atoms with Gasteiger partial charge in [-0.2, -0.15) is 0 Å². The standard InChI is InChI=1S/C23H25NO2/c1-26-23-11-5-8-17-14-18(12-13-20(17)23)24-22(15-25)21-10-4-7-16-6-2-3-9-19(16)21/h2-11,18,22,24-25H,12-15H2,1H3. The zero-order chi connectivity index (χ0) is 17.9. The molecule has 3 nitrogen and oxygen atoms in total. The summed E-state index contributed by atoms with van der Waals surface area (Å²) < 4.78 is 5.51. The van der Waals surface area contributed by atoms with Crippen molar-refractivity contribution in [3.63, 3.8) is 0 Å². The van der Waals surface area contributed by atoms with Crippen LogP contribution in [0.2, 0.25) is 0 Å². The molecule has 0 fully saturated rings. The predicted octanol–water partition coefficient (Wildman–Crippen LogP) is 4.03. The van der Waals surface area contributed by atoms with Crippen molar-refractivity contribution in [2.75, 3.05) is 13.7 Å². The topological polar surface area (TPSA) is 41.5 Å². The normalized spacial score (nSPS) is 17.7. The highest BCUT2D eigenvalue weighted by Gasteiger charge is 2.24. The van der Waals surface area contributed by atoms with Crippen LogP contribution in [-0.2, 0) is 12.8 Å². The lowest BCUT2D eigenvalue weighted by Crippen LogP contribution is -2.38. The third-order valence-electron chi connectivity index (χ3n) is 5.48. The molecule has 3 heteroatoms. The van der Waals surface area contributed by atoms with Crippen LogP contribution in [0, 0.1) is 0 Å². The molecule has 3 aromatic rings. The summed E-state index contributed by atoms with van der Waals surface area (Å²) in [5, 5.41) is 16.2. The van der Waals surface area contributed by atoms with E-state index in [4.69, 9.17) is 4.74 Å². The molecule has 2 atom stereocenters. The number of aliphatic hydroxyl groups is 1. The fourth-order valence-corrected chi connectivity index (χ4v) is 4.19. The van der Waals surface area contributed by atoms with Crippen molar-refractivity contribution >= 4 is 10.8 Å². The second-order valence-corrected chi connectivity index (χ2v) is 7.01. The summed E-state index contributed by atoms with van der Waals surface area (Å²) in [6, 6.07) is 21.3. The molecule has 0 spiro atoms. The first-order chi connectivity index (χ1) is 12.8. The minimum Gasteiger partial charge on any atom is -0.496 e. The zero-order valence-electron chi connectivity index (χ0n) is 15.1. The number of aliphatic hydroxyl groups excluding tert-OH is 1. The van der Waals surface area contributed by atoms with E-state index in [0.29, 0.717) is 6.04 Å². The first-order valence-corrected chi connectivity index (χ1v) is 9.29. The van der Waals surface area contributed by atoms with Gasteiger partial charge in [0, 0.05) is 6.04 Å². The van der Waals surface area contributed by atoms with Gasteiger partial charge in [-0.05, 0) is 52.8 Å². The molecule has 26 heavy (non-hydrogen) atoms. The van der Waals surface area contributed by atoms with E-state index in [1.165, 1.54) is 27.5 Å². The van der Waals surface area contributed by atoms with E-state index in [2.05, 4.69) is 59.9 Å². The number of hydrogen-bond donors (Lipinski definition) is 2. The van der Waals surface area contributed by atoms with E-state index >= 15 is 0 Å². The summed E-state index contributed by atoms with van der Waals surface area (Å²) in [7, 11) is 1.74. The van der Waals surface area contributed by atoms with Crippen LogP contribution < -0.4 is 10.1 Å². The molecule has 2 unspecified atom stereocenters. The van der Waals surface area contributed by atoms with Gasteiger partial charge in [0.05, 0.1) is 19.8 Å². The van der Waals surface area contributed by atoms with E-state index in [1.54, 1.807) is 7.11 Å². The number of rotatable bonds is 5. The van der Waals surface area contributed by atoms with Crippen molar-refractivity contribution in [2.24, 2.45) is 0 Å². The van der Waals surface area contributed by atoms with Crippen LogP contribution in [0.25, 0.3) is 10.8 Å². The molecule has 0 radical (unpaired) electrons. The summed E-state index contributed by atoms with van der Waals surface area (Å²) in [4.78, 5) is 0. The van der Waals surface area contributed by atoms with Crippen LogP contribution in [0.4, 0.5) is 0 Å². The molecule has 4 rings (SSSR count). The number of methoxy groups -OCH3 is 1. The lowest BCUT2D eigenvalue weighted by Gasteiger charge is -2.30. The van der Waals surface area contributed by atoms with Crippen molar-refractivity contribution in [2.45, 2.75) is 31.3 Å². The van der Waals surface area contributed by atoms with Crippen molar-refractivity contribution in [3.8, 4) is 5.75 Å². The predicted molar refractivity (Wildman–Crippen MR) is 106 cm³/mol. The highest BCUT2D eigenvalue weighted by atomic mass is 16.5. The average molecular weight is 347 g/mol. The fraction of sp³-hybridized carbons (Fsp3) is 0.304. The number of hydrogen-bond acceptors (Lipinski definition) is 3. The van der Waals surface area contributed by atoms with Crippen molar-refractivity contribution in [3.05, 3.63) is 77.4 Å². The number of ether oxygens (including phenoxy) is 1. The third kappa shape index (κ3) is 3.20. The molecule has 0 saturated heterocycles. The Balaban J connectivity index is 1.57. The number of benzene rings is 3. The fourth-order valence-electron chi connectivity index (χ4n) is 4.19. The average Bonchev–Trinajstić information content (AvgIpc) is 2.71. The van der Waals surface area contributed by atoms with Gasteiger partial charge in [-0.1, -0.05) is 54.6 Å². The molecule has 0 bridgehead atoms. The molecule has 2 N–H and O–H groups in total. The molecule has 3 aromatic carbocycles. The minimum atomic E-state index is -0.0572. The first kappa shape index (κ1) is 17.1. The third-order valence-corrected chi connectivity index (χ3v) is 5.48. The second kappa shape index (κ2) is 7.48. The van der Waals surface area contributed by atoms with Gasteiger partial charge in [-0.15, -0.1) is 0 Å². The van der Waals surface area contributed by atoms with Crippen LogP contribution in [0.3, 0.4) is 0 Å². The van der Waals surface area contributed by atoms with Gasteiger partial charge in [0.25, 0.3) is 0 Å². The van der Waals surface area contributed by atoms with Gasteiger partial charge in [0.15, 0.2) is 0 Å². The summed E-state index contributed by atoms with van der Waals surface area (Å²) in [6.45, 7) is 0.0927. The molecule has 0 amide bonds. The Morgan fingerprint density at radius 1 is 1.08 bits per heavy atom. The van der Waals surface area contributed by atoms with Gasteiger partial charge >= 0.3 is 0 Å². The van der Waals surface area contributed by atoms with Gasteiger partial charge in [0.1, 0.15) is 5.75 Å². The smallest absolute Gasteiger partial charge is 0.122 e. The largest absolute Gasteiger partial charge is 0.496 e. The Labute approximate surface area is 154 Å². The highest BCUT2D eigenvalue weighted by molar-refractivity contribution is 5.86. The van der Waals surface area contributed by atoms with Gasteiger partial charge in [-0.3, -0.25) is 0 Å². The maximum Gasteiger partial charge on any atom is 0.122 e. The van der Waals surface area contributed by atoms with Crippen LogP contribution in [-0.4, -0.2) is 24.9 Å². The Morgan fingerprint density at radius 3 is 2.73 bits per heavy atom. The van der Waals surface area contributed by atoms with Crippen molar-refractivity contribution in [1.82, 2.24) is 5.32 Å². The molecule has 134 valence electrons. The van der Waals surface area contributed by atoms with Crippen LogP contribution in [0.5, 0.6) is 5.75 Å². The molecular weight excluding hydrogens is 322 g/mol. The molecular formula is C23H25NO2. The maximum atomic E-state index is 10.1. The molecule has 0 aliphatic heterocycles. The summed E-state index contributed by atoms with van der Waals surface area (Å²) in [5.74, 6) is 0.994. The zero-order valence-corrected chi connectivity index (χ0v) is 15.1. The van der Waals surface area contributed by atoms with Crippen molar-refractivity contribution < 1.29 is 9.84 Å². The maximum absolute atomic E-state index is 10.1. The van der Waals surface area contributed by atoms with Gasteiger partial charge in [-0.25, -0.2) is 0 Å². The lowest BCUT2D eigenvalue weighted by molar-refractivity contribution is 0.229. The van der Waals surface area contributed by atoms with Crippen LogP contribution >= 0.6 is 0 Å². The van der Waals surface area contributed by atoms with Crippen LogP contribution in [0.15, 0.2) is 60.7 Å². The van der Waals surface area contributed by atoms with E-state index in [9.17, 15) is 5.11 Å². The summed E-state index contributed by atoms with van der Waals surface area (Å²) in [6.07, 6.45) is 3.02. The van der Waals surface area contributed by atoms with E-state index in [1.807, 2.05) is 6.07 Å². The lowest BCUT2D eigenvalue weighted by atomic mass is 9.87. The van der Waals surface area contributed by atoms with Crippen molar-refractivity contribution in [1.29, 1.82) is 0 Å². The Hall–Kier alpha value is -2.36. The summed E-state index contributed by atoms with van der Waals surface area (Å²) >= 11 is 0. The summed E-state index contributed by atoms with van der Waals surface area (Å²) in [5.41, 5.74) is 3.85. The number of fused-ring (bicyclic) bond motifs is 2. The Bertz CT molecular complexity index is 900. The second-order valence-electron chi connectivity index (χ2n) is 7.01. The first-order valence-electron chi connectivity index (χ1n) is 9.29. The van der Waals surface area contributed by atoms with Gasteiger partial charge in [0.2, 0.25) is 0 Å². The quantitative estimate of drug-likeness (QED) is 0.732. The molecule has 0 saturated carbocycles. The molecule has 1 aliphatic rings. The Kier molecular flexibility index (Phi) is 4.91. The number of nitrogens with one attached hydrogen (secondary N) is 1. The molecule has 0 aromatic heterocycles. The monoisotopic (exact) mass is 347 g/mol. The molecule has 1 aliphatic carbocycles. The Morgan fingerprint density at radius 2 is 1.88 bits per heavy atom.